The van der Waals surface area contributed by atoms with Crippen molar-refractivity contribution in [3.8, 4) is 0 Å². The lowest BCUT2D eigenvalue weighted by Crippen LogP contribution is -2.18. The van der Waals surface area contributed by atoms with Crippen molar-refractivity contribution >= 4 is 22.6 Å². The van der Waals surface area contributed by atoms with Crippen LogP contribution in [0.25, 0.3) is 11.0 Å². The third kappa shape index (κ3) is 1.37. The van der Waals surface area contributed by atoms with Crippen LogP contribution in [-0.2, 0) is 13.0 Å². The van der Waals surface area contributed by atoms with Gasteiger partial charge in [-0.05, 0) is 38.1 Å². The molecular formula is C13H14ClNO. The summed E-state index contributed by atoms with van der Waals surface area (Å²) in [4.78, 5) is 2.31. The molecule has 84 valence electrons. The first-order valence-electron chi connectivity index (χ1n) is 5.54. The van der Waals surface area contributed by atoms with Crippen LogP contribution in [0.5, 0.6) is 0 Å². The number of aryl methyl sites for hydroxylation is 1. The number of nitrogens with zero attached hydrogens (tertiary/aromatic N) is 1. The molecule has 0 spiro atoms. The molecule has 3 heteroatoms. The normalized spacial score (nSPS) is 16.7. The highest BCUT2D eigenvalue weighted by molar-refractivity contribution is 6.32. The van der Waals surface area contributed by atoms with E-state index in [-0.39, 0.29) is 0 Å². The zero-order chi connectivity index (χ0) is 11.3. The van der Waals surface area contributed by atoms with Crippen molar-refractivity contribution in [1.82, 2.24) is 4.90 Å². The fourth-order valence-corrected chi connectivity index (χ4v) is 2.76. The van der Waals surface area contributed by atoms with Gasteiger partial charge in [-0.25, -0.2) is 0 Å². The largest absolute Gasteiger partial charge is 0.461 e. The number of furan rings is 1. The number of hydrogen-bond acceptors (Lipinski definition) is 2. The molecule has 3 rings (SSSR count). The lowest BCUT2D eigenvalue weighted by Gasteiger charge is -2.12. The van der Waals surface area contributed by atoms with E-state index >= 15 is 0 Å². The Hall–Kier alpha value is -0.990. The van der Waals surface area contributed by atoms with E-state index < -0.39 is 0 Å². The van der Waals surface area contributed by atoms with Crippen molar-refractivity contribution < 1.29 is 4.42 Å². The van der Waals surface area contributed by atoms with Gasteiger partial charge in [-0.1, -0.05) is 11.6 Å². The van der Waals surface area contributed by atoms with E-state index in [1.165, 1.54) is 16.5 Å². The van der Waals surface area contributed by atoms with Crippen LogP contribution in [0.1, 0.15) is 16.9 Å². The van der Waals surface area contributed by atoms with Crippen molar-refractivity contribution in [1.29, 1.82) is 0 Å². The maximum atomic E-state index is 6.28. The van der Waals surface area contributed by atoms with Crippen LogP contribution in [-0.4, -0.2) is 18.5 Å². The van der Waals surface area contributed by atoms with Gasteiger partial charge in [0.1, 0.15) is 11.3 Å². The summed E-state index contributed by atoms with van der Waals surface area (Å²) < 4.78 is 5.78. The first kappa shape index (κ1) is 10.2. The minimum absolute atomic E-state index is 0.866. The molecule has 1 aliphatic heterocycles. The van der Waals surface area contributed by atoms with Gasteiger partial charge in [-0.15, -0.1) is 0 Å². The van der Waals surface area contributed by atoms with E-state index in [0.29, 0.717) is 0 Å². The average molecular weight is 236 g/mol. The summed E-state index contributed by atoms with van der Waals surface area (Å²) >= 11 is 6.28. The van der Waals surface area contributed by atoms with Crippen molar-refractivity contribution in [3.63, 3.8) is 0 Å². The van der Waals surface area contributed by atoms with E-state index in [9.17, 15) is 0 Å². The standard InChI is InChI=1S/C13H14ClNO/c1-8-10-7-15(2)6-5-9-11(14)3-4-12(16-8)13(9)10/h3-4H,5-7H2,1-2H3. The summed E-state index contributed by atoms with van der Waals surface area (Å²) in [6, 6.07) is 3.92. The van der Waals surface area contributed by atoms with Gasteiger partial charge in [-0.3, -0.25) is 0 Å². The molecule has 0 bridgehead atoms. The molecule has 0 aliphatic carbocycles. The molecule has 16 heavy (non-hydrogen) atoms. The van der Waals surface area contributed by atoms with Gasteiger partial charge >= 0.3 is 0 Å². The van der Waals surface area contributed by atoms with Crippen molar-refractivity contribution in [2.24, 2.45) is 0 Å². The van der Waals surface area contributed by atoms with E-state index in [1.54, 1.807) is 0 Å². The summed E-state index contributed by atoms with van der Waals surface area (Å²) in [5, 5.41) is 2.11. The van der Waals surface area contributed by atoms with Crippen molar-refractivity contribution in [2.45, 2.75) is 19.9 Å². The molecule has 0 N–H and O–H groups in total. The highest BCUT2D eigenvalue weighted by atomic mass is 35.5. The molecule has 2 heterocycles. The second kappa shape index (κ2) is 3.51. The Kier molecular flexibility index (Phi) is 2.23. The summed E-state index contributed by atoms with van der Waals surface area (Å²) in [6.07, 6.45) is 0.999. The number of benzene rings is 1. The molecule has 2 nitrogen and oxygen atoms in total. The van der Waals surface area contributed by atoms with Gasteiger partial charge in [0.25, 0.3) is 0 Å². The maximum absolute atomic E-state index is 6.28. The zero-order valence-corrected chi connectivity index (χ0v) is 10.3. The van der Waals surface area contributed by atoms with Crippen LogP contribution in [0.15, 0.2) is 16.5 Å². The number of halogens is 1. The van der Waals surface area contributed by atoms with Gasteiger partial charge in [0, 0.05) is 29.1 Å². The third-order valence-electron chi connectivity index (χ3n) is 3.38. The molecule has 0 radical (unpaired) electrons. The molecular weight excluding hydrogens is 222 g/mol. The van der Waals surface area contributed by atoms with Crippen LogP contribution in [0, 0.1) is 6.92 Å². The Bertz CT molecular complexity index is 559. The highest BCUT2D eigenvalue weighted by Crippen LogP contribution is 2.35. The molecule has 1 aliphatic rings. The van der Waals surface area contributed by atoms with Gasteiger partial charge in [0.05, 0.1) is 0 Å². The highest BCUT2D eigenvalue weighted by Gasteiger charge is 2.21. The molecule has 2 aromatic rings. The SMILES string of the molecule is Cc1oc2ccc(Cl)c3c2c1CN(C)CC3. The molecule has 1 aromatic carbocycles. The number of rotatable bonds is 0. The minimum Gasteiger partial charge on any atom is -0.461 e. The fourth-order valence-electron chi connectivity index (χ4n) is 2.51. The van der Waals surface area contributed by atoms with E-state index in [0.717, 1.165) is 35.9 Å². The van der Waals surface area contributed by atoms with Crippen molar-refractivity contribution in [3.05, 3.63) is 34.0 Å². The van der Waals surface area contributed by atoms with Crippen LogP contribution in [0.4, 0.5) is 0 Å². The van der Waals surface area contributed by atoms with Gasteiger partial charge in [-0.2, -0.15) is 0 Å². The molecule has 0 saturated carbocycles. The third-order valence-corrected chi connectivity index (χ3v) is 3.73. The lowest BCUT2D eigenvalue weighted by molar-refractivity contribution is 0.333. The predicted octanol–water partition coefficient (Wildman–Crippen LogP) is 3.38. The number of likely N-dealkylation sites (N-methyl/N-ethyl adjacent to an activating group) is 1. The minimum atomic E-state index is 0.866. The fraction of sp³-hybridized carbons (Fsp3) is 0.385. The summed E-state index contributed by atoms with van der Waals surface area (Å²) in [6.45, 7) is 4.03. The van der Waals surface area contributed by atoms with E-state index in [2.05, 4.69) is 11.9 Å². The van der Waals surface area contributed by atoms with Crippen LogP contribution in [0.3, 0.4) is 0 Å². The predicted molar refractivity (Wildman–Crippen MR) is 66.0 cm³/mol. The summed E-state index contributed by atoms with van der Waals surface area (Å²) in [5.74, 6) is 1.02. The van der Waals surface area contributed by atoms with Crippen LogP contribution >= 0.6 is 11.6 Å². The topological polar surface area (TPSA) is 16.4 Å². The summed E-state index contributed by atoms with van der Waals surface area (Å²) in [7, 11) is 2.14. The smallest absolute Gasteiger partial charge is 0.134 e. The molecule has 0 amide bonds. The second-order valence-corrected chi connectivity index (χ2v) is 4.93. The first-order chi connectivity index (χ1) is 7.66. The Labute approximate surface area is 99.8 Å². The Morgan fingerprint density at radius 3 is 2.94 bits per heavy atom. The Balaban J connectivity index is 2.38. The van der Waals surface area contributed by atoms with E-state index in [1.807, 2.05) is 19.1 Å². The molecule has 0 atom stereocenters. The zero-order valence-electron chi connectivity index (χ0n) is 9.51. The van der Waals surface area contributed by atoms with E-state index in [4.69, 9.17) is 16.0 Å². The molecule has 0 saturated heterocycles. The average Bonchev–Trinajstić information content (AvgIpc) is 2.46. The van der Waals surface area contributed by atoms with Crippen molar-refractivity contribution in [2.75, 3.05) is 13.6 Å². The van der Waals surface area contributed by atoms with Gasteiger partial charge < -0.3 is 9.32 Å². The number of hydrogen-bond donors (Lipinski definition) is 0. The Morgan fingerprint density at radius 2 is 2.12 bits per heavy atom. The summed E-state index contributed by atoms with van der Waals surface area (Å²) in [5.41, 5.74) is 3.52. The molecule has 0 fully saturated rings. The lowest BCUT2D eigenvalue weighted by atomic mass is 10.0. The maximum Gasteiger partial charge on any atom is 0.134 e. The van der Waals surface area contributed by atoms with Gasteiger partial charge in [0.2, 0.25) is 0 Å². The first-order valence-corrected chi connectivity index (χ1v) is 5.92. The second-order valence-electron chi connectivity index (χ2n) is 4.52. The quantitative estimate of drug-likeness (QED) is 0.696. The van der Waals surface area contributed by atoms with Crippen LogP contribution in [0.2, 0.25) is 5.02 Å². The monoisotopic (exact) mass is 235 g/mol. The molecule has 1 aromatic heterocycles. The van der Waals surface area contributed by atoms with Gasteiger partial charge in [0.15, 0.2) is 0 Å². The Morgan fingerprint density at radius 1 is 1.31 bits per heavy atom. The van der Waals surface area contributed by atoms with Crippen LogP contribution < -0.4 is 0 Å². The molecule has 0 unspecified atom stereocenters.